The fraction of sp³-hybridized carbons (Fsp3) is 0.500. The van der Waals surface area contributed by atoms with Gasteiger partial charge in [-0.25, -0.2) is 13.1 Å². The summed E-state index contributed by atoms with van der Waals surface area (Å²) >= 11 is 5.77. The van der Waals surface area contributed by atoms with Crippen molar-refractivity contribution in [2.75, 3.05) is 6.54 Å². The van der Waals surface area contributed by atoms with Crippen LogP contribution in [-0.2, 0) is 10.0 Å². The van der Waals surface area contributed by atoms with Crippen LogP contribution in [0.15, 0.2) is 23.4 Å². The minimum atomic E-state index is -3.61. The Labute approximate surface area is 106 Å². The number of hydrogen-bond donors (Lipinski definition) is 2. The molecule has 0 fully saturated rings. The van der Waals surface area contributed by atoms with E-state index in [0.717, 1.165) is 0 Å². The lowest BCUT2D eigenvalue weighted by Crippen LogP contribution is -2.25. The summed E-state index contributed by atoms with van der Waals surface area (Å²) in [5, 5.41) is 9.18. The summed E-state index contributed by atoms with van der Waals surface area (Å²) < 4.78 is 26.0. The van der Waals surface area contributed by atoms with E-state index in [0.29, 0.717) is 12.8 Å². The third kappa shape index (κ3) is 4.59. The van der Waals surface area contributed by atoms with E-state index in [4.69, 9.17) is 16.7 Å². The molecule has 0 saturated carbocycles. The van der Waals surface area contributed by atoms with Gasteiger partial charge in [-0.1, -0.05) is 11.6 Å². The Morgan fingerprint density at radius 3 is 2.88 bits per heavy atom. The molecule has 0 aliphatic carbocycles. The van der Waals surface area contributed by atoms with Gasteiger partial charge in [-0.2, -0.15) is 0 Å². The topological polar surface area (TPSA) is 79.3 Å². The lowest BCUT2D eigenvalue weighted by atomic mass is 10.2. The molecule has 0 aliphatic heterocycles. The lowest BCUT2D eigenvalue weighted by Gasteiger charge is -2.08. The van der Waals surface area contributed by atoms with E-state index in [1.54, 1.807) is 6.92 Å². The van der Waals surface area contributed by atoms with Gasteiger partial charge < -0.3 is 5.11 Å². The Morgan fingerprint density at radius 1 is 1.59 bits per heavy atom. The van der Waals surface area contributed by atoms with Crippen molar-refractivity contribution in [2.45, 2.75) is 30.8 Å². The standard InChI is InChI=1S/C10H15ClN2O3S/c1-8(14)3-2-5-13-17(15,16)10-7-12-6-4-9(10)11/h4,6-8,13-14H,2-3,5H2,1H3. The van der Waals surface area contributed by atoms with Crippen LogP contribution in [0.25, 0.3) is 0 Å². The number of halogens is 1. The van der Waals surface area contributed by atoms with Gasteiger partial charge in [-0.15, -0.1) is 0 Å². The van der Waals surface area contributed by atoms with Gasteiger partial charge in [0.2, 0.25) is 10.0 Å². The summed E-state index contributed by atoms with van der Waals surface area (Å²) in [5.74, 6) is 0. The number of sulfonamides is 1. The van der Waals surface area contributed by atoms with Crippen molar-refractivity contribution in [3.05, 3.63) is 23.5 Å². The van der Waals surface area contributed by atoms with Gasteiger partial charge in [0.05, 0.1) is 11.1 Å². The first-order valence-corrected chi connectivity index (χ1v) is 7.07. The quantitative estimate of drug-likeness (QED) is 0.766. The molecule has 0 bridgehead atoms. The van der Waals surface area contributed by atoms with Crippen LogP contribution in [0.4, 0.5) is 0 Å². The molecule has 1 aromatic rings. The average Bonchev–Trinajstić information content (AvgIpc) is 2.24. The normalized spacial score (nSPS) is 13.6. The molecule has 96 valence electrons. The zero-order valence-corrected chi connectivity index (χ0v) is 11.0. The predicted octanol–water partition coefficient (Wildman–Crippen LogP) is 1.17. The van der Waals surface area contributed by atoms with Crippen molar-refractivity contribution in [3.63, 3.8) is 0 Å². The number of nitrogens with one attached hydrogen (secondary N) is 1. The van der Waals surface area contributed by atoms with Crippen molar-refractivity contribution < 1.29 is 13.5 Å². The second-order valence-corrected chi connectivity index (χ2v) is 5.84. The van der Waals surface area contributed by atoms with Crippen molar-refractivity contribution in [2.24, 2.45) is 0 Å². The number of hydrogen-bond acceptors (Lipinski definition) is 4. The highest BCUT2D eigenvalue weighted by Gasteiger charge is 2.17. The monoisotopic (exact) mass is 278 g/mol. The largest absolute Gasteiger partial charge is 0.393 e. The second kappa shape index (κ2) is 6.30. The number of nitrogens with zero attached hydrogens (tertiary/aromatic N) is 1. The third-order valence-corrected chi connectivity index (χ3v) is 4.04. The maximum absolute atomic E-state index is 11.8. The number of aromatic nitrogens is 1. The van der Waals surface area contributed by atoms with E-state index in [-0.39, 0.29) is 16.5 Å². The van der Waals surface area contributed by atoms with Crippen LogP contribution in [0, 0.1) is 0 Å². The maximum Gasteiger partial charge on any atom is 0.243 e. The number of pyridine rings is 1. The summed E-state index contributed by atoms with van der Waals surface area (Å²) in [7, 11) is -3.61. The van der Waals surface area contributed by atoms with Gasteiger partial charge >= 0.3 is 0 Å². The van der Waals surface area contributed by atoms with Crippen LogP contribution in [-0.4, -0.2) is 31.2 Å². The Balaban J connectivity index is 2.61. The first-order valence-electron chi connectivity index (χ1n) is 5.20. The van der Waals surface area contributed by atoms with Crippen molar-refractivity contribution in [1.82, 2.24) is 9.71 Å². The first kappa shape index (κ1) is 14.4. The highest BCUT2D eigenvalue weighted by Crippen LogP contribution is 2.18. The van der Waals surface area contributed by atoms with Crippen molar-refractivity contribution in [3.8, 4) is 0 Å². The molecule has 7 heteroatoms. The SMILES string of the molecule is CC(O)CCCNS(=O)(=O)c1cnccc1Cl. The van der Waals surface area contributed by atoms with Crippen LogP contribution in [0.2, 0.25) is 5.02 Å². The molecule has 0 spiro atoms. The highest BCUT2D eigenvalue weighted by molar-refractivity contribution is 7.89. The molecule has 0 radical (unpaired) electrons. The fourth-order valence-corrected chi connectivity index (χ4v) is 2.75. The van der Waals surface area contributed by atoms with Gasteiger partial charge in [-0.05, 0) is 25.8 Å². The van der Waals surface area contributed by atoms with Gasteiger partial charge in [-0.3, -0.25) is 4.98 Å². The summed E-state index contributed by atoms with van der Waals surface area (Å²) in [4.78, 5) is 3.70. The number of aliphatic hydroxyl groups is 1. The predicted molar refractivity (Wildman–Crippen MR) is 65.4 cm³/mol. The molecule has 1 atom stereocenters. The molecule has 0 saturated heterocycles. The summed E-state index contributed by atoms with van der Waals surface area (Å²) in [5.41, 5.74) is 0. The molecule has 1 heterocycles. The molecular weight excluding hydrogens is 264 g/mol. The van der Waals surface area contributed by atoms with E-state index >= 15 is 0 Å². The first-order chi connectivity index (χ1) is 7.93. The van der Waals surface area contributed by atoms with E-state index in [1.807, 2.05) is 0 Å². The van der Waals surface area contributed by atoms with Gasteiger partial charge in [0.15, 0.2) is 0 Å². The molecule has 2 N–H and O–H groups in total. The van der Waals surface area contributed by atoms with Crippen LogP contribution in [0.1, 0.15) is 19.8 Å². The van der Waals surface area contributed by atoms with Crippen molar-refractivity contribution in [1.29, 1.82) is 0 Å². The average molecular weight is 279 g/mol. The summed E-state index contributed by atoms with van der Waals surface area (Å²) in [6.07, 6.45) is 3.31. The maximum atomic E-state index is 11.8. The second-order valence-electron chi connectivity index (χ2n) is 3.70. The number of aliphatic hydroxyl groups excluding tert-OH is 1. The zero-order chi connectivity index (χ0) is 12.9. The van der Waals surface area contributed by atoms with Crippen LogP contribution in [0.3, 0.4) is 0 Å². The number of rotatable bonds is 6. The third-order valence-electron chi connectivity index (χ3n) is 2.11. The minimum absolute atomic E-state index is 0.0290. The molecule has 0 aliphatic rings. The minimum Gasteiger partial charge on any atom is -0.393 e. The summed E-state index contributed by atoms with van der Waals surface area (Å²) in [6, 6.07) is 1.42. The lowest BCUT2D eigenvalue weighted by molar-refractivity contribution is 0.182. The van der Waals surface area contributed by atoms with Crippen LogP contribution in [0.5, 0.6) is 0 Å². The Kier molecular flexibility index (Phi) is 5.32. The highest BCUT2D eigenvalue weighted by atomic mass is 35.5. The van der Waals surface area contributed by atoms with Crippen LogP contribution >= 0.6 is 11.6 Å². The Bertz CT molecular complexity index is 462. The molecule has 17 heavy (non-hydrogen) atoms. The molecule has 1 unspecified atom stereocenters. The van der Waals surface area contributed by atoms with Gasteiger partial charge in [0.1, 0.15) is 4.90 Å². The molecule has 1 rings (SSSR count). The van der Waals surface area contributed by atoms with E-state index < -0.39 is 16.1 Å². The van der Waals surface area contributed by atoms with E-state index in [1.165, 1.54) is 18.5 Å². The van der Waals surface area contributed by atoms with Gasteiger partial charge in [0.25, 0.3) is 0 Å². The molecule has 0 aromatic carbocycles. The van der Waals surface area contributed by atoms with Gasteiger partial charge in [0, 0.05) is 18.9 Å². The zero-order valence-electron chi connectivity index (χ0n) is 9.43. The van der Waals surface area contributed by atoms with Crippen LogP contribution < -0.4 is 4.72 Å². The molecule has 1 aromatic heterocycles. The molecular formula is C10H15ClN2O3S. The summed E-state index contributed by atoms with van der Waals surface area (Å²) in [6.45, 7) is 1.92. The Hall–Kier alpha value is -0.690. The fourth-order valence-electron chi connectivity index (χ4n) is 1.24. The molecule has 0 amide bonds. The van der Waals surface area contributed by atoms with E-state index in [2.05, 4.69) is 9.71 Å². The molecule has 5 nitrogen and oxygen atoms in total. The van der Waals surface area contributed by atoms with Crippen molar-refractivity contribution >= 4 is 21.6 Å². The van der Waals surface area contributed by atoms with E-state index in [9.17, 15) is 8.42 Å². The smallest absolute Gasteiger partial charge is 0.243 e. The Morgan fingerprint density at radius 2 is 2.29 bits per heavy atom.